The van der Waals surface area contributed by atoms with Gasteiger partial charge in [-0.2, -0.15) is 0 Å². The lowest BCUT2D eigenvalue weighted by molar-refractivity contribution is -0.122. The molecule has 1 aromatic carbocycles. The monoisotopic (exact) mass is 261 g/mol. The number of carbonyl (C=O) groups excluding carboxylic acids is 1. The lowest BCUT2D eigenvalue weighted by Gasteiger charge is -2.24. The van der Waals surface area contributed by atoms with Crippen LogP contribution in [0.1, 0.15) is 31.4 Å². The molecule has 1 saturated carbocycles. The number of carbonyl (C=O) groups is 1. The summed E-state index contributed by atoms with van der Waals surface area (Å²) in [6.07, 6.45) is 2.06. The predicted octanol–water partition coefficient (Wildman–Crippen LogP) is 1.16. The second-order valence-electron chi connectivity index (χ2n) is 5.29. The molecule has 0 saturated heterocycles. The van der Waals surface area contributed by atoms with Crippen LogP contribution in [0, 0.1) is 0 Å². The Hall–Kier alpha value is -1.59. The Morgan fingerprint density at radius 2 is 2.32 bits per heavy atom. The maximum Gasteiger partial charge on any atom is 0.265 e. The summed E-state index contributed by atoms with van der Waals surface area (Å²) in [5.41, 5.74) is 7.87. The Kier molecular flexibility index (Phi) is 3.16. The number of benzene rings is 1. The van der Waals surface area contributed by atoms with Crippen molar-refractivity contribution in [3.63, 3.8) is 0 Å². The maximum absolute atomic E-state index is 11.6. The molecule has 3 rings (SSSR count). The van der Waals surface area contributed by atoms with Crippen molar-refractivity contribution in [2.75, 3.05) is 11.9 Å². The molecule has 0 radical (unpaired) electrons. The van der Waals surface area contributed by atoms with E-state index < -0.39 is 6.10 Å². The van der Waals surface area contributed by atoms with Crippen molar-refractivity contribution in [1.82, 2.24) is 5.32 Å². The molecule has 0 aromatic heterocycles. The predicted molar refractivity (Wildman–Crippen MR) is 73.1 cm³/mol. The van der Waals surface area contributed by atoms with Crippen molar-refractivity contribution in [2.45, 2.75) is 38.0 Å². The molecule has 19 heavy (non-hydrogen) atoms. The Labute approximate surface area is 112 Å². The molecule has 5 heteroatoms. The quantitative estimate of drug-likeness (QED) is 0.760. The number of nitrogens with two attached hydrogens (primary N) is 1. The van der Waals surface area contributed by atoms with Gasteiger partial charge < -0.3 is 21.1 Å². The van der Waals surface area contributed by atoms with Crippen LogP contribution in [0.3, 0.4) is 0 Å². The first kappa shape index (κ1) is 12.4. The molecule has 5 nitrogen and oxygen atoms in total. The van der Waals surface area contributed by atoms with Crippen molar-refractivity contribution in [1.29, 1.82) is 0 Å². The number of anilines is 1. The average Bonchev–Trinajstić information content (AvgIpc) is 3.21. The fourth-order valence-corrected chi connectivity index (χ4v) is 2.16. The molecule has 4 N–H and O–H groups in total. The van der Waals surface area contributed by atoms with E-state index in [9.17, 15) is 4.79 Å². The van der Waals surface area contributed by atoms with Gasteiger partial charge in [0.05, 0.1) is 5.69 Å². The summed E-state index contributed by atoms with van der Waals surface area (Å²) >= 11 is 0. The first-order chi connectivity index (χ1) is 9.13. The summed E-state index contributed by atoms with van der Waals surface area (Å²) in [6, 6.07) is 6.31. The molecule has 1 aromatic rings. The van der Waals surface area contributed by atoms with Gasteiger partial charge >= 0.3 is 0 Å². The minimum Gasteiger partial charge on any atom is -0.479 e. The lowest BCUT2D eigenvalue weighted by atomic mass is 10.1. The number of ether oxygens (including phenoxy) is 1. The topological polar surface area (TPSA) is 76.4 Å². The minimum absolute atomic E-state index is 0.0675. The average molecular weight is 261 g/mol. The molecule has 1 amide bonds. The first-order valence-electron chi connectivity index (χ1n) is 6.74. The van der Waals surface area contributed by atoms with E-state index in [2.05, 4.69) is 10.6 Å². The van der Waals surface area contributed by atoms with Crippen LogP contribution in [0.5, 0.6) is 5.75 Å². The summed E-state index contributed by atoms with van der Waals surface area (Å²) in [4.78, 5) is 11.6. The van der Waals surface area contributed by atoms with Crippen molar-refractivity contribution in [3.8, 4) is 5.75 Å². The SMILES string of the molecule is CC1Oc2ccc(C(N)CNC3CC3)cc2NC1=O. The molecule has 2 aliphatic rings. The molecular weight excluding hydrogens is 242 g/mol. The fraction of sp³-hybridized carbons (Fsp3) is 0.500. The molecule has 102 valence electrons. The van der Waals surface area contributed by atoms with E-state index in [1.54, 1.807) is 6.92 Å². The second-order valence-corrected chi connectivity index (χ2v) is 5.29. The van der Waals surface area contributed by atoms with Gasteiger partial charge in [-0.05, 0) is 37.5 Å². The third-order valence-corrected chi connectivity index (χ3v) is 3.57. The van der Waals surface area contributed by atoms with E-state index in [-0.39, 0.29) is 11.9 Å². The summed E-state index contributed by atoms with van der Waals surface area (Å²) in [5.74, 6) is 0.590. The third-order valence-electron chi connectivity index (χ3n) is 3.57. The molecule has 0 spiro atoms. The Morgan fingerprint density at radius 3 is 3.05 bits per heavy atom. The van der Waals surface area contributed by atoms with Gasteiger partial charge in [0.25, 0.3) is 5.91 Å². The van der Waals surface area contributed by atoms with Crippen molar-refractivity contribution < 1.29 is 9.53 Å². The van der Waals surface area contributed by atoms with Gasteiger partial charge in [0.1, 0.15) is 5.75 Å². The number of fused-ring (bicyclic) bond motifs is 1. The largest absolute Gasteiger partial charge is 0.479 e. The van der Waals surface area contributed by atoms with Crippen LogP contribution >= 0.6 is 0 Å². The summed E-state index contributed by atoms with van der Waals surface area (Å²) < 4.78 is 5.52. The lowest BCUT2D eigenvalue weighted by Crippen LogP contribution is -2.34. The molecule has 1 aliphatic carbocycles. The van der Waals surface area contributed by atoms with E-state index in [0.717, 1.165) is 12.1 Å². The highest BCUT2D eigenvalue weighted by atomic mass is 16.5. The number of amides is 1. The van der Waals surface area contributed by atoms with E-state index in [1.807, 2.05) is 18.2 Å². The normalized spacial score (nSPS) is 23.3. The van der Waals surface area contributed by atoms with E-state index >= 15 is 0 Å². The minimum atomic E-state index is -0.441. The van der Waals surface area contributed by atoms with Gasteiger partial charge in [-0.1, -0.05) is 6.07 Å². The Balaban J connectivity index is 1.72. The van der Waals surface area contributed by atoms with Gasteiger partial charge in [0, 0.05) is 18.6 Å². The Bertz CT molecular complexity index is 499. The summed E-state index contributed by atoms with van der Waals surface area (Å²) in [6.45, 7) is 2.49. The summed E-state index contributed by atoms with van der Waals surface area (Å²) in [5, 5.41) is 6.25. The highest BCUT2D eigenvalue weighted by molar-refractivity contribution is 5.97. The van der Waals surface area contributed by atoms with Gasteiger partial charge in [-0.25, -0.2) is 0 Å². The van der Waals surface area contributed by atoms with Crippen LogP contribution < -0.4 is 21.1 Å². The molecule has 0 bridgehead atoms. The van der Waals surface area contributed by atoms with Gasteiger partial charge in [0.15, 0.2) is 6.10 Å². The second kappa shape index (κ2) is 4.83. The van der Waals surface area contributed by atoms with Crippen LogP contribution in [0.2, 0.25) is 0 Å². The van der Waals surface area contributed by atoms with Crippen LogP contribution in [0.15, 0.2) is 18.2 Å². The van der Waals surface area contributed by atoms with Gasteiger partial charge in [-0.15, -0.1) is 0 Å². The molecule has 1 fully saturated rings. The highest BCUT2D eigenvalue weighted by Gasteiger charge is 2.25. The smallest absolute Gasteiger partial charge is 0.265 e. The van der Waals surface area contributed by atoms with Crippen LogP contribution in [-0.4, -0.2) is 24.6 Å². The van der Waals surface area contributed by atoms with Gasteiger partial charge in [-0.3, -0.25) is 4.79 Å². The fourth-order valence-electron chi connectivity index (χ4n) is 2.16. The first-order valence-corrected chi connectivity index (χ1v) is 6.74. The number of rotatable bonds is 4. The molecule has 2 atom stereocenters. The van der Waals surface area contributed by atoms with E-state index in [0.29, 0.717) is 17.5 Å². The van der Waals surface area contributed by atoms with E-state index in [4.69, 9.17) is 10.5 Å². The van der Waals surface area contributed by atoms with Gasteiger partial charge in [0.2, 0.25) is 0 Å². The van der Waals surface area contributed by atoms with Crippen LogP contribution in [0.25, 0.3) is 0 Å². The van der Waals surface area contributed by atoms with Crippen LogP contribution in [-0.2, 0) is 4.79 Å². The highest BCUT2D eigenvalue weighted by Crippen LogP contribution is 2.31. The van der Waals surface area contributed by atoms with Crippen molar-refractivity contribution in [3.05, 3.63) is 23.8 Å². The molecule has 1 heterocycles. The number of hydrogen-bond acceptors (Lipinski definition) is 4. The van der Waals surface area contributed by atoms with Crippen LogP contribution in [0.4, 0.5) is 5.69 Å². The van der Waals surface area contributed by atoms with E-state index in [1.165, 1.54) is 12.8 Å². The zero-order chi connectivity index (χ0) is 13.4. The Morgan fingerprint density at radius 1 is 1.53 bits per heavy atom. The molecular formula is C14H19N3O2. The zero-order valence-corrected chi connectivity index (χ0v) is 11.0. The zero-order valence-electron chi connectivity index (χ0n) is 11.0. The maximum atomic E-state index is 11.6. The third kappa shape index (κ3) is 2.72. The summed E-state index contributed by atoms with van der Waals surface area (Å²) in [7, 11) is 0. The van der Waals surface area contributed by atoms with Crippen molar-refractivity contribution >= 4 is 11.6 Å². The number of nitrogens with one attached hydrogen (secondary N) is 2. The molecule has 2 unspecified atom stereocenters. The number of hydrogen-bond donors (Lipinski definition) is 3. The molecule has 1 aliphatic heterocycles. The standard InChI is InChI=1S/C14H19N3O2/c1-8-14(18)17-12-6-9(2-5-13(12)19-8)11(15)7-16-10-3-4-10/h2,5-6,8,10-11,16H,3-4,7,15H2,1H3,(H,17,18). The van der Waals surface area contributed by atoms with Crippen molar-refractivity contribution in [2.24, 2.45) is 5.73 Å².